The third-order valence-corrected chi connectivity index (χ3v) is 5.36. The Kier molecular flexibility index (Phi) is 10.4. The van der Waals surface area contributed by atoms with E-state index in [4.69, 9.17) is 4.74 Å². The van der Waals surface area contributed by atoms with Crippen LogP contribution in [0.15, 0.2) is 65.8 Å². The molecule has 0 aliphatic heterocycles. The van der Waals surface area contributed by atoms with Crippen LogP contribution in [0.5, 0.6) is 0 Å². The molecule has 2 heteroatoms. The van der Waals surface area contributed by atoms with Crippen molar-refractivity contribution in [3.63, 3.8) is 0 Å². The standard InChI is InChI=1S/C25H30O2.C2H6/c1-6-20(12-13-21-10-8-7-9-11-21)18-23(19(2)3)24(26)25(4)16-14-22(27-5)15-17-25;1-2/h6-11,18,22H,2,14-17H2,1,3-5H3;1-2H3/b20-6-,23-18+;. The summed E-state index contributed by atoms with van der Waals surface area (Å²) in [6.07, 6.45) is 7.64. The number of Topliss-reactive ketones (excluding diaryl/α,β-unsaturated/α-hetero) is 1. The molecule has 0 heterocycles. The maximum atomic E-state index is 13.3. The number of carbonyl (C=O) groups is 1. The van der Waals surface area contributed by atoms with Gasteiger partial charge in [-0.1, -0.05) is 63.5 Å². The number of carbonyl (C=O) groups excluding carboxylic acids is 1. The molecule has 0 aromatic heterocycles. The summed E-state index contributed by atoms with van der Waals surface area (Å²) < 4.78 is 5.46. The van der Waals surface area contributed by atoms with Gasteiger partial charge in [0.15, 0.2) is 5.78 Å². The molecular weight excluding hydrogens is 356 g/mol. The molecule has 0 radical (unpaired) electrons. The second kappa shape index (κ2) is 12.2. The number of ether oxygens (including phenoxy) is 1. The molecule has 0 unspecified atom stereocenters. The number of ketones is 1. The van der Waals surface area contributed by atoms with Crippen molar-refractivity contribution >= 4 is 5.78 Å². The SMILES string of the molecule is C=C(C)/C(=C\C(C#Cc1ccccc1)=C/C)C(=O)C1(C)CCC(OC)CC1.CC. The maximum absolute atomic E-state index is 13.3. The predicted octanol–water partition coefficient (Wildman–Crippen LogP) is 6.68. The summed E-state index contributed by atoms with van der Waals surface area (Å²) >= 11 is 0. The Hall–Kier alpha value is -2.37. The first-order valence-electron chi connectivity index (χ1n) is 10.6. The van der Waals surface area contributed by atoms with Crippen LogP contribution in [0.25, 0.3) is 0 Å². The van der Waals surface area contributed by atoms with Gasteiger partial charge in [0, 0.05) is 29.2 Å². The Morgan fingerprint density at radius 2 is 1.79 bits per heavy atom. The Morgan fingerprint density at radius 1 is 1.21 bits per heavy atom. The second-order valence-electron chi connectivity index (χ2n) is 7.52. The minimum Gasteiger partial charge on any atom is -0.381 e. The van der Waals surface area contributed by atoms with Crippen molar-refractivity contribution in [2.45, 2.75) is 66.4 Å². The Labute approximate surface area is 177 Å². The zero-order chi connectivity index (χ0) is 21.9. The van der Waals surface area contributed by atoms with E-state index in [9.17, 15) is 4.79 Å². The van der Waals surface area contributed by atoms with E-state index < -0.39 is 0 Å². The zero-order valence-corrected chi connectivity index (χ0v) is 19.0. The smallest absolute Gasteiger partial charge is 0.169 e. The van der Waals surface area contributed by atoms with E-state index in [1.54, 1.807) is 7.11 Å². The molecule has 0 bridgehead atoms. The molecular formula is C27H36O2. The number of rotatable bonds is 5. The number of allylic oxidation sites excluding steroid dienone is 5. The first-order chi connectivity index (χ1) is 13.9. The van der Waals surface area contributed by atoms with E-state index >= 15 is 0 Å². The topological polar surface area (TPSA) is 26.3 Å². The van der Waals surface area contributed by atoms with Gasteiger partial charge in [0.1, 0.15) is 0 Å². The lowest BCUT2D eigenvalue weighted by molar-refractivity contribution is -0.126. The average molecular weight is 393 g/mol. The van der Waals surface area contributed by atoms with Gasteiger partial charge in [-0.15, -0.1) is 0 Å². The van der Waals surface area contributed by atoms with Crippen molar-refractivity contribution in [1.29, 1.82) is 0 Å². The second-order valence-corrected chi connectivity index (χ2v) is 7.52. The normalized spacial score (nSPS) is 21.9. The highest BCUT2D eigenvalue weighted by atomic mass is 16.5. The van der Waals surface area contributed by atoms with E-state index in [0.717, 1.165) is 42.4 Å². The van der Waals surface area contributed by atoms with Gasteiger partial charge in [-0.25, -0.2) is 0 Å². The van der Waals surface area contributed by atoms with Crippen LogP contribution < -0.4 is 0 Å². The van der Waals surface area contributed by atoms with E-state index in [2.05, 4.69) is 25.3 Å². The van der Waals surface area contributed by atoms with Gasteiger partial charge in [0.2, 0.25) is 0 Å². The van der Waals surface area contributed by atoms with Gasteiger partial charge < -0.3 is 4.74 Å². The molecule has 2 nitrogen and oxygen atoms in total. The van der Waals surface area contributed by atoms with E-state index in [0.29, 0.717) is 5.57 Å². The third kappa shape index (κ3) is 7.18. The fraction of sp³-hybridized carbons (Fsp3) is 0.444. The molecule has 2 rings (SSSR count). The molecule has 1 aromatic carbocycles. The molecule has 0 spiro atoms. The summed E-state index contributed by atoms with van der Waals surface area (Å²) in [4.78, 5) is 13.3. The fourth-order valence-electron chi connectivity index (χ4n) is 3.41. The average Bonchev–Trinajstić information content (AvgIpc) is 2.76. The summed E-state index contributed by atoms with van der Waals surface area (Å²) in [7, 11) is 1.75. The van der Waals surface area contributed by atoms with Crippen molar-refractivity contribution in [1.82, 2.24) is 0 Å². The van der Waals surface area contributed by atoms with Crippen molar-refractivity contribution in [3.05, 3.63) is 71.3 Å². The van der Waals surface area contributed by atoms with Crippen LogP contribution in [0.4, 0.5) is 0 Å². The molecule has 0 amide bonds. The molecule has 1 aliphatic carbocycles. The fourth-order valence-corrected chi connectivity index (χ4v) is 3.41. The first kappa shape index (κ1) is 24.7. The van der Waals surface area contributed by atoms with E-state index in [1.807, 2.05) is 70.2 Å². The number of hydrogen-bond donors (Lipinski definition) is 0. The van der Waals surface area contributed by atoms with Crippen LogP contribution in [0.3, 0.4) is 0 Å². The predicted molar refractivity (Wildman–Crippen MR) is 124 cm³/mol. The minimum atomic E-state index is -0.356. The Bertz CT molecular complexity index is 792. The zero-order valence-electron chi connectivity index (χ0n) is 19.0. The maximum Gasteiger partial charge on any atom is 0.169 e. The largest absolute Gasteiger partial charge is 0.381 e. The van der Waals surface area contributed by atoms with E-state index in [1.165, 1.54) is 0 Å². The Balaban J connectivity index is 0.00000204. The minimum absolute atomic E-state index is 0.172. The molecule has 156 valence electrons. The van der Waals surface area contributed by atoms with Crippen molar-refractivity contribution in [2.75, 3.05) is 7.11 Å². The van der Waals surface area contributed by atoms with E-state index in [-0.39, 0.29) is 17.3 Å². The Morgan fingerprint density at radius 3 is 2.28 bits per heavy atom. The number of methoxy groups -OCH3 is 1. The van der Waals surface area contributed by atoms with Crippen molar-refractivity contribution in [2.24, 2.45) is 5.41 Å². The van der Waals surface area contributed by atoms with Gasteiger partial charge in [0.05, 0.1) is 6.10 Å². The molecule has 0 atom stereocenters. The van der Waals surface area contributed by atoms with Gasteiger partial charge in [-0.3, -0.25) is 4.79 Å². The van der Waals surface area contributed by atoms with Crippen molar-refractivity contribution in [3.8, 4) is 11.8 Å². The lowest BCUT2D eigenvalue weighted by Crippen LogP contribution is -2.36. The summed E-state index contributed by atoms with van der Waals surface area (Å²) in [5.74, 6) is 6.51. The monoisotopic (exact) mass is 392 g/mol. The van der Waals surface area contributed by atoms with Crippen LogP contribution >= 0.6 is 0 Å². The molecule has 0 N–H and O–H groups in total. The molecule has 1 fully saturated rings. The van der Waals surface area contributed by atoms with Gasteiger partial charge in [-0.05, 0) is 63.3 Å². The van der Waals surface area contributed by atoms with Gasteiger partial charge in [-0.2, -0.15) is 0 Å². The highest BCUT2D eigenvalue weighted by molar-refractivity contribution is 6.03. The summed E-state index contributed by atoms with van der Waals surface area (Å²) in [6.45, 7) is 14.0. The highest BCUT2D eigenvalue weighted by Crippen LogP contribution is 2.40. The highest BCUT2D eigenvalue weighted by Gasteiger charge is 2.38. The number of hydrogen-bond acceptors (Lipinski definition) is 2. The summed E-state index contributed by atoms with van der Waals surface area (Å²) in [5.41, 5.74) is 2.91. The quantitative estimate of drug-likeness (QED) is 0.317. The van der Waals surface area contributed by atoms with Crippen LogP contribution in [0.1, 0.15) is 65.9 Å². The van der Waals surface area contributed by atoms with Crippen molar-refractivity contribution < 1.29 is 9.53 Å². The van der Waals surface area contributed by atoms with Crippen LogP contribution in [0, 0.1) is 17.3 Å². The number of benzene rings is 1. The molecule has 0 saturated heterocycles. The van der Waals surface area contributed by atoms with Gasteiger partial charge >= 0.3 is 0 Å². The third-order valence-electron chi connectivity index (χ3n) is 5.36. The molecule has 29 heavy (non-hydrogen) atoms. The van der Waals surface area contributed by atoms with Crippen LogP contribution in [0.2, 0.25) is 0 Å². The van der Waals surface area contributed by atoms with Crippen LogP contribution in [-0.2, 0) is 9.53 Å². The molecule has 1 aromatic rings. The van der Waals surface area contributed by atoms with Crippen LogP contribution in [-0.4, -0.2) is 19.0 Å². The lowest BCUT2D eigenvalue weighted by atomic mass is 9.69. The molecule has 1 aliphatic rings. The summed E-state index contributed by atoms with van der Waals surface area (Å²) in [5, 5.41) is 0. The summed E-state index contributed by atoms with van der Waals surface area (Å²) in [6, 6.07) is 9.86. The lowest BCUT2D eigenvalue weighted by Gasteiger charge is -2.36. The first-order valence-corrected chi connectivity index (χ1v) is 10.6. The van der Waals surface area contributed by atoms with Gasteiger partial charge in [0.25, 0.3) is 0 Å². The molecule has 1 saturated carbocycles.